The molecule has 2 aromatic carbocycles. The van der Waals surface area contributed by atoms with E-state index in [1.165, 1.54) is 22.8 Å². The average Bonchev–Trinajstić information content (AvgIpc) is 3.62. The Morgan fingerprint density at radius 3 is 2.61 bits per heavy atom. The minimum absolute atomic E-state index is 0.113. The molecule has 2 fully saturated rings. The summed E-state index contributed by atoms with van der Waals surface area (Å²) in [6.45, 7) is 2.93. The molecule has 10 nitrogen and oxygen atoms in total. The summed E-state index contributed by atoms with van der Waals surface area (Å²) in [5.41, 5.74) is 0.763. The van der Waals surface area contributed by atoms with Gasteiger partial charge in [-0.25, -0.2) is 4.79 Å². The first kappa shape index (κ1) is 25.7. The standard InChI is InChI=1S/C27H26ClN5O5/c1-2-32-23-8-7-18(10-19(23)26(36)33(27(32)37)12-15-3-4-15)30-25(35)20-13-38-14-22(20)31-24(34)16-5-6-17(11-29)21(28)9-16/h5-10,15,20,22H,2-4,12-14H2,1H3,(H,30,35)(H,31,34)/t20-,22+/m0/s1. The summed E-state index contributed by atoms with van der Waals surface area (Å²) in [6.07, 6.45) is 2.01. The number of aryl methyl sites for hydroxylation is 1. The number of carbonyl (C=O) groups excluding carboxylic acids is 2. The number of nitrogens with one attached hydrogen (secondary N) is 2. The van der Waals surface area contributed by atoms with Gasteiger partial charge in [-0.3, -0.25) is 23.5 Å². The molecule has 2 amide bonds. The maximum absolute atomic E-state index is 13.2. The van der Waals surface area contributed by atoms with Gasteiger partial charge in [0, 0.05) is 24.3 Å². The van der Waals surface area contributed by atoms with Crippen LogP contribution in [0.4, 0.5) is 5.69 Å². The summed E-state index contributed by atoms with van der Waals surface area (Å²) in [5.74, 6) is -1.13. The van der Waals surface area contributed by atoms with Crippen molar-refractivity contribution < 1.29 is 14.3 Å². The van der Waals surface area contributed by atoms with E-state index in [2.05, 4.69) is 10.6 Å². The van der Waals surface area contributed by atoms with E-state index >= 15 is 0 Å². The fourth-order valence-electron chi connectivity index (χ4n) is 4.72. The highest BCUT2D eigenvalue weighted by molar-refractivity contribution is 6.32. The molecule has 2 atom stereocenters. The number of amides is 2. The van der Waals surface area contributed by atoms with Crippen LogP contribution in [0.25, 0.3) is 10.9 Å². The molecule has 1 saturated carbocycles. The number of anilines is 1. The number of nitrogens with zero attached hydrogens (tertiary/aromatic N) is 3. The maximum atomic E-state index is 13.2. The molecule has 2 heterocycles. The Hall–Kier alpha value is -3.94. The molecule has 0 spiro atoms. The normalized spacial score (nSPS) is 18.8. The number of benzene rings is 2. The monoisotopic (exact) mass is 535 g/mol. The van der Waals surface area contributed by atoms with Gasteiger partial charge in [0.1, 0.15) is 6.07 Å². The summed E-state index contributed by atoms with van der Waals surface area (Å²) in [4.78, 5) is 52.0. The van der Waals surface area contributed by atoms with Crippen LogP contribution >= 0.6 is 11.6 Å². The second kappa shape index (κ2) is 10.4. The average molecular weight is 536 g/mol. The number of nitriles is 1. The molecule has 1 aliphatic carbocycles. The minimum Gasteiger partial charge on any atom is -0.378 e. The van der Waals surface area contributed by atoms with E-state index in [-0.39, 0.29) is 46.5 Å². The lowest BCUT2D eigenvalue weighted by atomic mass is 10.0. The second-order valence-electron chi connectivity index (χ2n) is 9.64. The Kier molecular flexibility index (Phi) is 7.06. The quantitative estimate of drug-likeness (QED) is 0.477. The van der Waals surface area contributed by atoms with Gasteiger partial charge in [0.05, 0.1) is 46.7 Å². The van der Waals surface area contributed by atoms with Crippen LogP contribution in [0.1, 0.15) is 35.7 Å². The molecule has 2 aliphatic rings. The van der Waals surface area contributed by atoms with Crippen molar-refractivity contribution in [1.82, 2.24) is 14.5 Å². The van der Waals surface area contributed by atoms with Crippen molar-refractivity contribution in [2.45, 2.75) is 38.9 Å². The van der Waals surface area contributed by atoms with Crippen LogP contribution in [0, 0.1) is 23.2 Å². The molecule has 11 heteroatoms. The van der Waals surface area contributed by atoms with Gasteiger partial charge in [-0.1, -0.05) is 11.6 Å². The Morgan fingerprint density at radius 1 is 1.13 bits per heavy atom. The molecule has 5 rings (SSSR count). The first-order valence-corrected chi connectivity index (χ1v) is 12.8. The van der Waals surface area contributed by atoms with Crippen LogP contribution in [-0.4, -0.2) is 40.2 Å². The summed E-state index contributed by atoms with van der Waals surface area (Å²) in [7, 11) is 0. The van der Waals surface area contributed by atoms with Gasteiger partial charge in [-0.05, 0) is 62.1 Å². The molecule has 38 heavy (non-hydrogen) atoms. The number of hydrogen-bond acceptors (Lipinski definition) is 6. The zero-order valence-electron chi connectivity index (χ0n) is 20.7. The predicted molar refractivity (Wildman–Crippen MR) is 141 cm³/mol. The number of fused-ring (bicyclic) bond motifs is 1. The lowest BCUT2D eigenvalue weighted by Gasteiger charge is -2.19. The second-order valence-corrected chi connectivity index (χ2v) is 10.0. The third kappa shape index (κ3) is 4.95. The third-order valence-corrected chi connectivity index (χ3v) is 7.34. The first-order valence-electron chi connectivity index (χ1n) is 12.5. The van der Waals surface area contributed by atoms with Crippen LogP contribution in [0.15, 0.2) is 46.0 Å². The summed E-state index contributed by atoms with van der Waals surface area (Å²) in [5, 5.41) is 15.2. The van der Waals surface area contributed by atoms with Crippen molar-refractivity contribution in [1.29, 1.82) is 5.26 Å². The molecule has 0 radical (unpaired) electrons. The zero-order valence-corrected chi connectivity index (χ0v) is 21.5. The van der Waals surface area contributed by atoms with E-state index in [0.717, 1.165) is 12.8 Å². The van der Waals surface area contributed by atoms with Crippen molar-refractivity contribution in [3.8, 4) is 6.07 Å². The maximum Gasteiger partial charge on any atom is 0.331 e. The molecule has 0 unspecified atom stereocenters. The van der Waals surface area contributed by atoms with Gasteiger partial charge < -0.3 is 15.4 Å². The third-order valence-electron chi connectivity index (χ3n) is 7.03. The van der Waals surface area contributed by atoms with E-state index in [9.17, 15) is 19.2 Å². The van der Waals surface area contributed by atoms with Crippen molar-refractivity contribution in [3.05, 3.63) is 73.4 Å². The van der Waals surface area contributed by atoms with E-state index in [4.69, 9.17) is 21.6 Å². The predicted octanol–water partition coefficient (Wildman–Crippen LogP) is 2.50. The molecule has 1 aliphatic heterocycles. The van der Waals surface area contributed by atoms with Crippen molar-refractivity contribution in [2.75, 3.05) is 18.5 Å². The number of carbonyl (C=O) groups is 2. The van der Waals surface area contributed by atoms with E-state index in [1.54, 1.807) is 22.8 Å². The summed E-state index contributed by atoms with van der Waals surface area (Å²) < 4.78 is 8.34. The Bertz CT molecular complexity index is 1600. The minimum atomic E-state index is -0.667. The van der Waals surface area contributed by atoms with Crippen LogP contribution in [0.2, 0.25) is 5.02 Å². The van der Waals surface area contributed by atoms with Gasteiger partial charge >= 0.3 is 5.69 Å². The highest BCUT2D eigenvalue weighted by Gasteiger charge is 2.35. The smallest absolute Gasteiger partial charge is 0.331 e. The summed E-state index contributed by atoms with van der Waals surface area (Å²) in [6, 6.07) is 10.6. The highest BCUT2D eigenvalue weighted by atomic mass is 35.5. The number of halogens is 1. The topological polar surface area (TPSA) is 135 Å². The molecule has 196 valence electrons. The van der Waals surface area contributed by atoms with Crippen LogP contribution in [-0.2, 0) is 22.6 Å². The van der Waals surface area contributed by atoms with Crippen LogP contribution < -0.4 is 21.9 Å². The fourth-order valence-corrected chi connectivity index (χ4v) is 4.94. The van der Waals surface area contributed by atoms with Crippen LogP contribution in [0.5, 0.6) is 0 Å². The van der Waals surface area contributed by atoms with E-state index in [0.29, 0.717) is 35.6 Å². The highest BCUT2D eigenvalue weighted by Crippen LogP contribution is 2.30. The molecule has 3 aromatic rings. The van der Waals surface area contributed by atoms with E-state index < -0.39 is 17.9 Å². The number of ether oxygens (including phenoxy) is 1. The van der Waals surface area contributed by atoms with Crippen molar-refractivity contribution >= 4 is 40.0 Å². The van der Waals surface area contributed by atoms with Crippen molar-refractivity contribution in [3.63, 3.8) is 0 Å². The largest absolute Gasteiger partial charge is 0.378 e. The lowest BCUT2D eigenvalue weighted by molar-refractivity contribution is -0.120. The summed E-state index contributed by atoms with van der Waals surface area (Å²) >= 11 is 6.04. The molecule has 0 bridgehead atoms. The number of rotatable bonds is 7. The fraction of sp³-hybridized carbons (Fsp3) is 0.370. The Labute approximate surface area is 222 Å². The first-order chi connectivity index (χ1) is 18.3. The van der Waals surface area contributed by atoms with Crippen molar-refractivity contribution in [2.24, 2.45) is 11.8 Å². The van der Waals surface area contributed by atoms with Gasteiger partial charge in [0.25, 0.3) is 11.5 Å². The number of hydrogen-bond donors (Lipinski definition) is 2. The Balaban J connectivity index is 1.35. The molecular formula is C27H26ClN5O5. The SMILES string of the molecule is CCn1c(=O)n(CC2CC2)c(=O)c2cc(NC(=O)[C@H]3COC[C@H]3NC(=O)c3ccc(C#N)c(Cl)c3)ccc21. The van der Waals surface area contributed by atoms with Gasteiger partial charge in [-0.2, -0.15) is 5.26 Å². The van der Waals surface area contributed by atoms with Gasteiger partial charge in [0.2, 0.25) is 5.91 Å². The van der Waals surface area contributed by atoms with Gasteiger partial charge in [-0.15, -0.1) is 0 Å². The molecule has 2 N–H and O–H groups in total. The number of aromatic nitrogens is 2. The van der Waals surface area contributed by atoms with Crippen LogP contribution in [0.3, 0.4) is 0 Å². The Morgan fingerprint density at radius 2 is 1.92 bits per heavy atom. The van der Waals surface area contributed by atoms with E-state index in [1.807, 2.05) is 13.0 Å². The molecule has 1 aromatic heterocycles. The zero-order chi connectivity index (χ0) is 27.0. The molecular weight excluding hydrogens is 510 g/mol. The van der Waals surface area contributed by atoms with Gasteiger partial charge in [0.15, 0.2) is 0 Å². The molecule has 1 saturated heterocycles. The lowest BCUT2D eigenvalue weighted by Crippen LogP contribution is -2.44.